The van der Waals surface area contributed by atoms with Crippen LogP contribution >= 0.6 is 23.4 Å². The molecule has 2 aromatic rings. The normalized spacial score (nSPS) is 16.6. The molecule has 170 valence electrons. The van der Waals surface area contributed by atoms with Crippen LogP contribution < -0.4 is 9.47 Å². The molecule has 0 unspecified atom stereocenters. The Balaban J connectivity index is 1.62. The lowest BCUT2D eigenvalue weighted by Gasteiger charge is -2.20. The van der Waals surface area contributed by atoms with Gasteiger partial charge in [0.1, 0.15) is 17.5 Å². The lowest BCUT2D eigenvalue weighted by Crippen LogP contribution is -2.35. The second-order valence-electron chi connectivity index (χ2n) is 7.05. The third-order valence-corrected chi connectivity index (χ3v) is 6.07. The second kappa shape index (κ2) is 9.76. The predicted octanol–water partition coefficient (Wildman–Crippen LogP) is 5.49. The van der Waals surface area contributed by atoms with E-state index in [1.165, 1.54) is 35.0 Å². The van der Waals surface area contributed by atoms with E-state index >= 15 is 0 Å². The van der Waals surface area contributed by atoms with Crippen LogP contribution in [-0.4, -0.2) is 33.6 Å². The fourth-order valence-electron chi connectivity index (χ4n) is 3.15. The summed E-state index contributed by atoms with van der Waals surface area (Å²) >= 11 is 7.77. The maximum atomic E-state index is 13.1. The predicted molar refractivity (Wildman–Crippen MR) is 129 cm³/mol. The van der Waals surface area contributed by atoms with Crippen molar-refractivity contribution in [2.75, 3.05) is 6.61 Å². The van der Waals surface area contributed by atoms with Crippen LogP contribution in [0.3, 0.4) is 0 Å². The number of hydrazone groups is 1. The highest BCUT2D eigenvalue weighted by atomic mass is 35.5. The van der Waals surface area contributed by atoms with E-state index in [1.807, 2.05) is 13.8 Å². The van der Waals surface area contributed by atoms with E-state index in [0.29, 0.717) is 35.3 Å². The van der Waals surface area contributed by atoms with Crippen molar-refractivity contribution >= 4 is 51.4 Å². The molecule has 2 aliphatic heterocycles. The maximum Gasteiger partial charge on any atom is 0.283 e. The minimum Gasteiger partial charge on any atom is -0.490 e. The molecule has 0 saturated carbocycles. The number of fused-ring (bicyclic) bond motifs is 1. The number of benzene rings is 2. The molecule has 0 bridgehead atoms. The molecule has 10 heteroatoms. The molecule has 0 aromatic heterocycles. The summed E-state index contributed by atoms with van der Waals surface area (Å²) in [7, 11) is 0. The standard InChI is InChI=1S/C23H20ClFN4O3S/c1-3-19-28-29-21(26)16(22(30)27-23(29)33-19)9-14-10-17(24)20(18(11-14)31-4-2)32-12-13-5-7-15(25)8-6-13/h5-11,26H,3-4,12H2,1-2H3. The molecule has 4 rings (SSSR count). The van der Waals surface area contributed by atoms with Gasteiger partial charge in [0.25, 0.3) is 5.91 Å². The molecule has 0 aliphatic carbocycles. The van der Waals surface area contributed by atoms with E-state index in [9.17, 15) is 9.18 Å². The second-order valence-corrected chi connectivity index (χ2v) is 8.49. The highest BCUT2D eigenvalue weighted by Gasteiger charge is 2.35. The van der Waals surface area contributed by atoms with E-state index in [0.717, 1.165) is 10.6 Å². The van der Waals surface area contributed by atoms with Crippen LogP contribution in [-0.2, 0) is 11.4 Å². The summed E-state index contributed by atoms with van der Waals surface area (Å²) in [5.74, 6) is -0.166. The van der Waals surface area contributed by atoms with E-state index in [1.54, 1.807) is 24.3 Å². The Morgan fingerprint density at radius 1 is 1.21 bits per heavy atom. The van der Waals surface area contributed by atoms with E-state index in [-0.39, 0.29) is 28.9 Å². The molecule has 7 nitrogen and oxygen atoms in total. The molecule has 1 N–H and O–H groups in total. The van der Waals surface area contributed by atoms with Gasteiger partial charge in [-0.3, -0.25) is 10.2 Å². The summed E-state index contributed by atoms with van der Waals surface area (Å²) in [6.07, 6.45) is 2.22. The van der Waals surface area contributed by atoms with Crippen molar-refractivity contribution in [2.24, 2.45) is 10.1 Å². The summed E-state index contributed by atoms with van der Waals surface area (Å²) in [4.78, 5) is 16.7. The third-order valence-electron chi connectivity index (χ3n) is 4.74. The average Bonchev–Trinajstić information content (AvgIpc) is 3.21. The number of hydrogen-bond donors (Lipinski definition) is 1. The smallest absolute Gasteiger partial charge is 0.283 e. The Morgan fingerprint density at radius 3 is 2.67 bits per heavy atom. The molecule has 2 aromatic carbocycles. The molecular weight excluding hydrogens is 467 g/mol. The minimum absolute atomic E-state index is 0.0494. The van der Waals surface area contributed by atoms with Crippen LogP contribution in [0.15, 0.2) is 52.1 Å². The van der Waals surface area contributed by atoms with Gasteiger partial charge in [0, 0.05) is 0 Å². The summed E-state index contributed by atoms with van der Waals surface area (Å²) in [6, 6.07) is 9.27. The van der Waals surface area contributed by atoms with Crippen LogP contribution in [0.4, 0.5) is 4.39 Å². The lowest BCUT2D eigenvalue weighted by molar-refractivity contribution is -0.114. The van der Waals surface area contributed by atoms with Crippen molar-refractivity contribution < 1.29 is 18.7 Å². The molecule has 0 spiro atoms. The number of amidine groups is 2. The molecule has 1 amide bonds. The maximum absolute atomic E-state index is 13.1. The summed E-state index contributed by atoms with van der Waals surface area (Å²) in [5.41, 5.74) is 1.42. The van der Waals surface area contributed by atoms with Gasteiger partial charge >= 0.3 is 0 Å². The van der Waals surface area contributed by atoms with E-state index in [2.05, 4.69) is 10.1 Å². The van der Waals surface area contributed by atoms with Gasteiger partial charge in [0.2, 0.25) is 5.17 Å². The molecule has 0 atom stereocenters. The molecule has 0 saturated heterocycles. The molecule has 2 aliphatic rings. The van der Waals surface area contributed by atoms with Crippen molar-refractivity contribution in [2.45, 2.75) is 26.9 Å². The highest BCUT2D eigenvalue weighted by molar-refractivity contribution is 8.26. The topological polar surface area (TPSA) is 87.3 Å². The van der Waals surface area contributed by atoms with E-state index in [4.69, 9.17) is 26.5 Å². The van der Waals surface area contributed by atoms with Crippen molar-refractivity contribution in [3.05, 3.63) is 63.9 Å². The van der Waals surface area contributed by atoms with Crippen molar-refractivity contribution in [3.63, 3.8) is 0 Å². The number of thioether (sulfide) groups is 1. The van der Waals surface area contributed by atoms with Gasteiger partial charge in [-0.2, -0.15) is 15.1 Å². The van der Waals surface area contributed by atoms with Crippen molar-refractivity contribution in [3.8, 4) is 11.5 Å². The van der Waals surface area contributed by atoms with Crippen LogP contribution in [0.25, 0.3) is 6.08 Å². The van der Waals surface area contributed by atoms with Gasteiger partial charge in [-0.1, -0.05) is 30.7 Å². The minimum atomic E-state index is -0.517. The monoisotopic (exact) mass is 486 g/mol. The molecule has 2 heterocycles. The largest absolute Gasteiger partial charge is 0.490 e. The van der Waals surface area contributed by atoms with Crippen LogP contribution in [0.2, 0.25) is 5.02 Å². The number of halogens is 2. The zero-order valence-electron chi connectivity index (χ0n) is 17.9. The summed E-state index contributed by atoms with van der Waals surface area (Å²) < 4.78 is 24.7. The van der Waals surface area contributed by atoms with Gasteiger partial charge in [0.15, 0.2) is 17.3 Å². The van der Waals surface area contributed by atoms with Crippen molar-refractivity contribution in [1.82, 2.24) is 5.01 Å². The first-order valence-electron chi connectivity index (χ1n) is 10.2. The quantitative estimate of drug-likeness (QED) is 0.523. The fourth-order valence-corrected chi connectivity index (χ4v) is 4.25. The Bertz CT molecular complexity index is 1210. The number of ether oxygens (including phenoxy) is 2. The van der Waals surface area contributed by atoms with Crippen LogP contribution in [0, 0.1) is 11.2 Å². The molecule has 0 radical (unpaired) electrons. The Labute approximate surface area is 199 Å². The van der Waals surface area contributed by atoms with Gasteiger partial charge < -0.3 is 9.47 Å². The first-order valence-corrected chi connectivity index (χ1v) is 11.4. The summed E-state index contributed by atoms with van der Waals surface area (Å²) in [5, 5.41) is 15.6. The highest BCUT2D eigenvalue weighted by Crippen LogP contribution is 2.38. The fraction of sp³-hybridized carbons (Fsp3) is 0.217. The summed E-state index contributed by atoms with van der Waals surface area (Å²) in [6.45, 7) is 4.31. The molecular formula is C23H20ClFN4O3S. The number of amides is 1. The first kappa shape index (κ1) is 23.0. The van der Waals surface area contributed by atoms with Gasteiger partial charge in [-0.25, -0.2) is 4.39 Å². The van der Waals surface area contributed by atoms with Crippen LogP contribution in [0.1, 0.15) is 31.4 Å². The zero-order valence-corrected chi connectivity index (χ0v) is 19.5. The van der Waals surface area contributed by atoms with E-state index < -0.39 is 5.91 Å². The SMILES string of the molecule is CCOc1cc(C=C2C(=N)N3N=C(CC)SC3=NC2=O)cc(Cl)c1OCc1ccc(F)cc1. The molecule has 0 fully saturated rings. The first-order chi connectivity index (χ1) is 15.9. The third kappa shape index (κ3) is 4.94. The Kier molecular flexibility index (Phi) is 6.80. The number of aliphatic imine (C=N–C) groups is 1. The Hall–Kier alpha value is -3.17. The number of hydrogen-bond acceptors (Lipinski definition) is 6. The number of rotatable bonds is 7. The van der Waals surface area contributed by atoms with Gasteiger partial charge in [0.05, 0.1) is 17.2 Å². The van der Waals surface area contributed by atoms with Crippen molar-refractivity contribution in [1.29, 1.82) is 5.41 Å². The number of carbonyl (C=O) groups is 1. The van der Waals surface area contributed by atoms with Crippen LogP contribution in [0.5, 0.6) is 11.5 Å². The number of carbonyl (C=O) groups excluding carboxylic acids is 1. The Morgan fingerprint density at radius 2 is 1.97 bits per heavy atom. The van der Waals surface area contributed by atoms with Gasteiger partial charge in [-0.15, -0.1) is 0 Å². The average molecular weight is 487 g/mol. The number of nitrogens with one attached hydrogen (secondary N) is 1. The zero-order chi connectivity index (χ0) is 23.5. The lowest BCUT2D eigenvalue weighted by atomic mass is 10.1. The number of nitrogens with zero attached hydrogens (tertiary/aromatic N) is 3. The van der Waals surface area contributed by atoms with Gasteiger partial charge in [-0.05, 0) is 66.6 Å². The molecule has 33 heavy (non-hydrogen) atoms.